The van der Waals surface area contributed by atoms with Crippen molar-refractivity contribution in [3.63, 3.8) is 0 Å². The number of aliphatic hydroxyl groups is 2. The van der Waals surface area contributed by atoms with Crippen LogP contribution in [-0.4, -0.2) is 128 Å². The first kappa shape index (κ1) is 39.8. The van der Waals surface area contributed by atoms with Gasteiger partial charge in [-0.3, -0.25) is 19.0 Å². The van der Waals surface area contributed by atoms with Crippen LogP contribution in [0, 0.1) is 52.8 Å². The minimum absolute atomic E-state index is 0.0185. The number of amides is 2. The lowest BCUT2D eigenvalue weighted by Gasteiger charge is -2.62. The number of hydrogen-bond acceptors (Lipinski definition) is 10. The third-order valence-corrected chi connectivity index (χ3v) is 14.6. The largest absolute Gasteiger partial charge is 0.394 e. The first-order valence-corrected chi connectivity index (χ1v) is 20.5. The van der Waals surface area contributed by atoms with Gasteiger partial charge in [0.1, 0.15) is 12.1 Å². The van der Waals surface area contributed by atoms with Gasteiger partial charge in [0.15, 0.2) is 0 Å². The van der Waals surface area contributed by atoms with E-state index in [-0.39, 0.29) is 72.2 Å². The fourth-order valence-corrected chi connectivity index (χ4v) is 11.2. The van der Waals surface area contributed by atoms with Crippen LogP contribution in [0.4, 0.5) is 0 Å². The number of hydroxylamine groups is 2. The van der Waals surface area contributed by atoms with Crippen molar-refractivity contribution in [2.24, 2.45) is 52.8 Å². The van der Waals surface area contributed by atoms with Gasteiger partial charge in [-0.15, -0.1) is 0 Å². The average Bonchev–Trinajstić information content (AvgIpc) is 3.43. The van der Waals surface area contributed by atoms with Crippen LogP contribution in [0.25, 0.3) is 0 Å². The van der Waals surface area contributed by atoms with Gasteiger partial charge in [-0.2, -0.15) is 13.5 Å². The lowest BCUT2D eigenvalue weighted by Crippen LogP contribution is -2.62. The molecule has 2 amide bonds. The van der Waals surface area contributed by atoms with E-state index in [9.17, 15) is 28.2 Å². The zero-order chi connectivity index (χ0) is 36.7. The number of fused-ring (bicyclic) bond motifs is 2. The minimum Gasteiger partial charge on any atom is -0.394 e. The van der Waals surface area contributed by atoms with E-state index in [1.54, 1.807) is 19.1 Å². The molecule has 0 aromatic rings. The number of rotatable bonds is 13. The molecule has 6 fully saturated rings. The Kier molecular flexibility index (Phi) is 12.7. The zero-order valence-corrected chi connectivity index (χ0v) is 32.0. The second-order valence-electron chi connectivity index (χ2n) is 17.2. The minimum atomic E-state index is -4.17. The van der Waals surface area contributed by atoms with Crippen molar-refractivity contribution in [1.29, 1.82) is 0 Å². The van der Waals surface area contributed by atoms with E-state index in [4.69, 9.17) is 14.1 Å². The van der Waals surface area contributed by atoms with E-state index in [1.165, 1.54) is 6.42 Å². The van der Waals surface area contributed by atoms with Crippen LogP contribution in [0.15, 0.2) is 0 Å². The zero-order valence-electron chi connectivity index (χ0n) is 31.2. The molecule has 5 aliphatic carbocycles. The Balaban J connectivity index is 1.31. The first-order valence-electron chi connectivity index (χ1n) is 18.9. The molecule has 5 N–H and O–H groups in total. The Bertz CT molecular complexity index is 1300. The third-order valence-electron chi connectivity index (χ3n) is 13.8. The molecular weight excluding hydrogens is 664 g/mol. The molecule has 1 aliphatic heterocycles. The summed E-state index contributed by atoms with van der Waals surface area (Å²) in [4.78, 5) is 35.9. The van der Waals surface area contributed by atoms with Crippen LogP contribution >= 0.6 is 0 Å². The highest BCUT2D eigenvalue weighted by atomic mass is 32.2. The molecule has 0 spiro atoms. The van der Waals surface area contributed by atoms with Crippen molar-refractivity contribution in [1.82, 2.24) is 20.6 Å². The number of nitrogens with one attached hydrogen (secondary N) is 2. The molecule has 14 atom stereocenters. The third kappa shape index (κ3) is 8.37. The smallest absolute Gasteiger partial charge is 0.266 e. The van der Waals surface area contributed by atoms with Gasteiger partial charge in [-0.05, 0) is 101 Å². The normalized spacial score (nSPS) is 41.0. The Morgan fingerprint density at radius 1 is 1.10 bits per heavy atom. The summed E-state index contributed by atoms with van der Waals surface area (Å²) in [6.45, 7) is 8.54. The van der Waals surface area contributed by atoms with Gasteiger partial charge in [-0.1, -0.05) is 27.2 Å². The highest BCUT2D eigenvalue weighted by Crippen LogP contribution is 2.61. The Labute approximate surface area is 299 Å². The van der Waals surface area contributed by atoms with E-state index in [1.807, 2.05) is 14.1 Å². The van der Waals surface area contributed by atoms with Crippen LogP contribution in [0.5, 0.6) is 0 Å². The molecule has 0 aromatic carbocycles. The molecule has 288 valence electrons. The number of carbonyl (C=O) groups is 2. The van der Waals surface area contributed by atoms with E-state index >= 15 is 0 Å². The summed E-state index contributed by atoms with van der Waals surface area (Å²) < 4.78 is 37.8. The lowest BCUT2D eigenvalue weighted by atomic mass is 9.45. The predicted octanol–water partition coefficient (Wildman–Crippen LogP) is 1.93. The fourth-order valence-electron chi connectivity index (χ4n) is 10.9. The number of carbonyl (C=O) groups excluding carboxylic acids is 2. The average molecular weight is 729 g/mol. The summed E-state index contributed by atoms with van der Waals surface area (Å²) in [5.74, 6) is 0.0794. The molecule has 1 saturated heterocycles. The predicted molar refractivity (Wildman–Crippen MR) is 188 cm³/mol. The molecule has 1 heterocycles. The molecule has 5 saturated carbocycles. The quantitative estimate of drug-likeness (QED) is 0.175. The molecule has 6 unspecified atom stereocenters. The van der Waals surface area contributed by atoms with Gasteiger partial charge in [0.2, 0.25) is 11.8 Å². The summed E-state index contributed by atoms with van der Waals surface area (Å²) in [7, 11) is 1.58. The van der Waals surface area contributed by atoms with Crippen LogP contribution in [0.3, 0.4) is 0 Å². The fraction of sp³-hybridized carbons (Fsp3) is 0.944. The van der Waals surface area contributed by atoms with Crippen molar-refractivity contribution >= 4 is 21.9 Å². The van der Waals surface area contributed by atoms with Crippen molar-refractivity contribution in [2.45, 2.75) is 115 Å². The summed E-state index contributed by atoms with van der Waals surface area (Å²) in [6.07, 6.45) is 5.40. The van der Waals surface area contributed by atoms with Gasteiger partial charge < -0.3 is 30.5 Å². The standard InChI is InChI=1S/C36H64N4O9S/c1-20-28-16-25(36(28,3)4)17-29(20)38-35(44)32-31(21(2)42)30(19-41)49-40(32)18-22-9-8-10-27(33(22)48-7)23-13-24(15-26(14-23)39(5)6)34(43)37-11-12-50(45,46)47/h20-33,41-42H,8-19H2,1-7H3,(H,37,43)(H,38,44)(H,45,46,47)/t20-,21-,22?,23?,24?,25+,26?,27?,28-,29-,30-,31+,32-,33?/m0/s1. The van der Waals surface area contributed by atoms with Crippen molar-refractivity contribution in [3.05, 3.63) is 0 Å². The maximum Gasteiger partial charge on any atom is 0.266 e. The molecule has 50 heavy (non-hydrogen) atoms. The van der Waals surface area contributed by atoms with E-state index in [0.29, 0.717) is 37.1 Å². The van der Waals surface area contributed by atoms with Crippen molar-refractivity contribution in [3.8, 4) is 0 Å². The van der Waals surface area contributed by atoms with E-state index < -0.39 is 40.0 Å². The summed E-state index contributed by atoms with van der Waals surface area (Å²) in [5, 5.41) is 29.0. The van der Waals surface area contributed by atoms with Crippen LogP contribution in [0.2, 0.25) is 0 Å². The second kappa shape index (κ2) is 15.9. The number of aliphatic hydroxyl groups excluding tert-OH is 2. The highest BCUT2D eigenvalue weighted by Gasteiger charge is 2.58. The molecular formula is C36H64N4O9S. The highest BCUT2D eigenvalue weighted by molar-refractivity contribution is 7.85. The monoisotopic (exact) mass is 728 g/mol. The second-order valence-corrected chi connectivity index (χ2v) is 18.7. The summed E-state index contributed by atoms with van der Waals surface area (Å²) in [6, 6.07) is -0.536. The molecule has 0 radical (unpaired) electrons. The van der Waals surface area contributed by atoms with Gasteiger partial charge in [-0.25, -0.2) is 0 Å². The number of ether oxygens (including phenoxy) is 1. The van der Waals surface area contributed by atoms with E-state index in [0.717, 1.165) is 32.1 Å². The van der Waals surface area contributed by atoms with E-state index in [2.05, 4.69) is 36.3 Å². The van der Waals surface area contributed by atoms with Gasteiger partial charge in [0.25, 0.3) is 10.1 Å². The molecule has 2 bridgehead atoms. The maximum absolute atomic E-state index is 14.2. The Hall–Kier alpha value is -1.39. The SMILES string of the molecule is COC1C(CN2O[C@@H](CO)[C@@H]([C@H](C)O)[C@H]2C(=O)N[C@H]2C[C@H]3C[C@@H]([C@@H]2C)C3(C)C)CCCC1C1CC(C(=O)NCCS(=O)(=O)O)CC(N(C)C)C1. The van der Waals surface area contributed by atoms with Crippen molar-refractivity contribution < 1.29 is 42.3 Å². The number of methoxy groups -OCH3 is 1. The number of hydrogen-bond donors (Lipinski definition) is 5. The van der Waals surface area contributed by atoms with Gasteiger partial charge in [0, 0.05) is 50.0 Å². The molecule has 6 aliphatic rings. The molecule has 14 heteroatoms. The first-order chi connectivity index (χ1) is 23.5. The summed E-state index contributed by atoms with van der Waals surface area (Å²) >= 11 is 0. The lowest BCUT2D eigenvalue weighted by molar-refractivity contribution is -0.193. The van der Waals surface area contributed by atoms with Crippen LogP contribution in [-0.2, 0) is 29.3 Å². The topological polar surface area (TPSA) is 178 Å². The summed E-state index contributed by atoms with van der Waals surface area (Å²) in [5.41, 5.74) is 0.289. The van der Waals surface area contributed by atoms with Gasteiger partial charge in [0.05, 0.1) is 24.6 Å². The van der Waals surface area contributed by atoms with Crippen molar-refractivity contribution in [2.75, 3.05) is 46.7 Å². The van der Waals surface area contributed by atoms with Crippen LogP contribution in [0.1, 0.15) is 79.1 Å². The maximum atomic E-state index is 14.2. The molecule has 13 nitrogen and oxygen atoms in total. The van der Waals surface area contributed by atoms with Crippen LogP contribution < -0.4 is 10.6 Å². The number of nitrogens with zero attached hydrogens (tertiary/aromatic N) is 2. The Morgan fingerprint density at radius 3 is 2.40 bits per heavy atom. The molecule has 6 rings (SSSR count). The molecule has 0 aromatic heterocycles. The Morgan fingerprint density at radius 2 is 1.82 bits per heavy atom. The van der Waals surface area contributed by atoms with Gasteiger partial charge >= 0.3 is 0 Å².